The smallest absolute Gasteiger partial charge is 0.337 e. The quantitative estimate of drug-likeness (QED) is 0.360. The van der Waals surface area contributed by atoms with E-state index in [2.05, 4.69) is 4.74 Å². The van der Waals surface area contributed by atoms with Crippen molar-refractivity contribution in [1.82, 2.24) is 0 Å². The highest BCUT2D eigenvalue weighted by Crippen LogP contribution is 2.23. The van der Waals surface area contributed by atoms with Gasteiger partial charge < -0.3 is 18.6 Å². The van der Waals surface area contributed by atoms with Gasteiger partial charge in [-0.3, -0.25) is 0 Å². The largest absolute Gasteiger partial charge is 0.490 e. The van der Waals surface area contributed by atoms with Crippen molar-refractivity contribution in [3.8, 4) is 11.5 Å². The zero-order valence-corrected chi connectivity index (χ0v) is 15.2. The number of benzene rings is 2. The number of methoxy groups -OCH3 is 1. The van der Waals surface area contributed by atoms with E-state index < -0.39 is 5.97 Å². The van der Waals surface area contributed by atoms with Gasteiger partial charge in [-0.2, -0.15) is 0 Å². The number of aryl methyl sites for hydroxylation is 1. The van der Waals surface area contributed by atoms with Crippen LogP contribution in [0.25, 0.3) is 11.0 Å². The van der Waals surface area contributed by atoms with Crippen LogP contribution in [0.2, 0.25) is 0 Å². The summed E-state index contributed by atoms with van der Waals surface area (Å²) in [7, 11) is 1.33. The number of ether oxygens (including phenoxy) is 3. The SMILES string of the molecule is CCc1cc(=O)oc2cc(OCCOc3cccc(C(=O)OC)c3)ccc12. The van der Waals surface area contributed by atoms with Crippen LogP contribution in [-0.4, -0.2) is 26.3 Å². The van der Waals surface area contributed by atoms with E-state index in [0.717, 1.165) is 17.4 Å². The maximum absolute atomic E-state index is 11.6. The van der Waals surface area contributed by atoms with Gasteiger partial charge in [-0.25, -0.2) is 9.59 Å². The van der Waals surface area contributed by atoms with E-state index >= 15 is 0 Å². The predicted octanol–water partition coefficient (Wildman–Crippen LogP) is 3.60. The Morgan fingerprint density at radius 3 is 2.44 bits per heavy atom. The van der Waals surface area contributed by atoms with Crippen LogP contribution in [0.15, 0.2) is 57.7 Å². The predicted molar refractivity (Wildman–Crippen MR) is 101 cm³/mol. The van der Waals surface area contributed by atoms with Crippen LogP contribution in [0, 0.1) is 0 Å². The highest BCUT2D eigenvalue weighted by atomic mass is 16.5. The van der Waals surface area contributed by atoms with Crippen LogP contribution in [0.5, 0.6) is 11.5 Å². The normalized spacial score (nSPS) is 10.6. The summed E-state index contributed by atoms with van der Waals surface area (Å²) in [5.74, 6) is 0.727. The Morgan fingerprint density at radius 2 is 1.74 bits per heavy atom. The number of hydrogen-bond donors (Lipinski definition) is 0. The van der Waals surface area contributed by atoms with Gasteiger partial charge in [-0.15, -0.1) is 0 Å². The molecule has 0 unspecified atom stereocenters. The monoisotopic (exact) mass is 368 g/mol. The average Bonchev–Trinajstić information content (AvgIpc) is 2.69. The zero-order chi connectivity index (χ0) is 19.2. The molecule has 3 rings (SSSR count). The van der Waals surface area contributed by atoms with Gasteiger partial charge in [-0.05, 0) is 42.3 Å². The van der Waals surface area contributed by atoms with Crippen molar-refractivity contribution < 1.29 is 23.4 Å². The number of rotatable bonds is 7. The number of carbonyl (C=O) groups excluding carboxylic acids is 1. The van der Waals surface area contributed by atoms with Crippen molar-refractivity contribution in [2.75, 3.05) is 20.3 Å². The Bertz CT molecular complexity index is 1000. The van der Waals surface area contributed by atoms with Gasteiger partial charge in [0.2, 0.25) is 0 Å². The molecule has 0 saturated carbocycles. The second-order valence-electron chi connectivity index (χ2n) is 5.82. The first-order valence-corrected chi connectivity index (χ1v) is 8.61. The number of hydrogen-bond acceptors (Lipinski definition) is 6. The Kier molecular flexibility index (Phi) is 5.76. The summed E-state index contributed by atoms with van der Waals surface area (Å²) in [5.41, 5.74) is 1.50. The minimum atomic E-state index is -0.416. The van der Waals surface area contributed by atoms with E-state index in [4.69, 9.17) is 13.9 Å². The van der Waals surface area contributed by atoms with E-state index in [1.807, 2.05) is 19.1 Å². The molecule has 0 fully saturated rings. The fraction of sp³-hybridized carbons (Fsp3) is 0.238. The van der Waals surface area contributed by atoms with Crippen LogP contribution in [-0.2, 0) is 11.2 Å². The van der Waals surface area contributed by atoms with E-state index in [9.17, 15) is 9.59 Å². The fourth-order valence-electron chi connectivity index (χ4n) is 2.74. The van der Waals surface area contributed by atoms with E-state index in [1.54, 1.807) is 30.3 Å². The molecule has 0 aliphatic heterocycles. The van der Waals surface area contributed by atoms with Crippen LogP contribution in [0.4, 0.5) is 0 Å². The van der Waals surface area contributed by atoms with Crippen molar-refractivity contribution in [2.45, 2.75) is 13.3 Å². The lowest BCUT2D eigenvalue weighted by atomic mass is 10.1. The Labute approximate surface area is 156 Å². The lowest BCUT2D eigenvalue weighted by Crippen LogP contribution is -2.09. The Morgan fingerprint density at radius 1 is 1.00 bits per heavy atom. The molecule has 0 radical (unpaired) electrons. The fourth-order valence-corrected chi connectivity index (χ4v) is 2.74. The van der Waals surface area contributed by atoms with Crippen molar-refractivity contribution in [2.24, 2.45) is 0 Å². The van der Waals surface area contributed by atoms with E-state index in [-0.39, 0.29) is 5.63 Å². The molecule has 0 saturated heterocycles. The zero-order valence-electron chi connectivity index (χ0n) is 15.2. The lowest BCUT2D eigenvalue weighted by Gasteiger charge is -2.10. The van der Waals surface area contributed by atoms with Gasteiger partial charge in [0.15, 0.2) is 0 Å². The van der Waals surface area contributed by atoms with Gasteiger partial charge in [-0.1, -0.05) is 13.0 Å². The summed E-state index contributed by atoms with van der Waals surface area (Å²) >= 11 is 0. The molecule has 1 aromatic heterocycles. The second-order valence-corrected chi connectivity index (χ2v) is 5.82. The molecule has 0 aliphatic rings. The van der Waals surface area contributed by atoms with Crippen molar-refractivity contribution >= 4 is 16.9 Å². The molecule has 0 spiro atoms. The molecule has 0 atom stereocenters. The van der Waals surface area contributed by atoms with Crippen molar-refractivity contribution in [3.63, 3.8) is 0 Å². The van der Waals surface area contributed by atoms with Gasteiger partial charge in [0, 0.05) is 17.5 Å². The standard InChI is InChI=1S/C21H20O6/c1-3-14-12-20(22)27-19-13-17(7-8-18(14)19)26-10-9-25-16-6-4-5-15(11-16)21(23)24-2/h4-8,11-13H,3,9-10H2,1-2H3. The third kappa shape index (κ3) is 4.47. The molecule has 2 aromatic carbocycles. The minimum absolute atomic E-state index is 0.293. The molecule has 0 bridgehead atoms. The van der Waals surface area contributed by atoms with Gasteiger partial charge in [0.25, 0.3) is 0 Å². The Hall–Kier alpha value is -3.28. The molecule has 6 heteroatoms. The highest BCUT2D eigenvalue weighted by molar-refractivity contribution is 5.89. The van der Waals surface area contributed by atoms with Crippen molar-refractivity contribution in [3.05, 3.63) is 70.1 Å². The third-order valence-electron chi connectivity index (χ3n) is 4.06. The summed E-state index contributed by atoms with van der Waals surface area (Å²) in [6.07, 6.45) is 0.751. The highest BCUT2D eigenvalue weighted by Gasteiger charge is 2.07. The average molecular weight is 368 g/mol. The first-order chi connectivity index (χ1) is 13.1. The molecular formula is C21H20O6. The maximum Gasteiger partial charge on any atom is 0.337 e. The molecule has 27 heavy (non-hydrogen) atoms. The molecule has 1 heterocycles. The van der Waals surface area contributed by atoms with Gasteiger partial charge >= 0.3 is 11.6 Å². The van der Waals surface area contributed by atoms with Gasteiger partial charge in [0.05, 0.1) is 12.7 Å². The molecule has 0 amide bonds. The van der Waals surface area contributed by atoms with Crippen LogP contribution >= 0.6 is 0 Å². The summed E-state index contributed by atoms with van der Waals surface area (Å²) in [4.78, 5) is 23.2. The van der Waals surface area contributed by atoms with Crippen LogP contribution in [0.1, 0.15) is 22.8 Å². The van der Waals surface area contributed by atoms with Crippen molar-refractivity contribution in [1.29, 1.82) is 0 Å². The molecular weight excluding hydrogens is 348 g/mol. The summed E-state index contributed by atoms with van der Waals surface area (Å²) in [6, 6.07) is 13.7. The first kappa shape index (κ1) is 18.5. The minimum Gasteiger partial charge on any atom is -0.490 e. The third-order valence-corrected chi connectivity index (χ3v) is 4.06. The lowest BCUT2D eigenvalue weighted by molar-refractivity contribution is 0.0600. The molecule has 6 nitrogen and oxygen atoms in total. The first-order valence-electron chi connectivity index (χ1n) is 8.61. The molecule has 0 N–H and O–H groups in total. The maximum atomic E-state index is 11.6. The molecule has 0 aliphatic carbocycles. The second kappa shape index (κ2) is 8.40. The summed E-state index contributed by atoms with van der Waals surface area (Å²) in [5, 5.41) is 0.903. The molecule has 3 aromatic rings. The summed E-state index contributed by atoms with van der Waals surface area (Å²) < 4.78 is 21.2. The van der Waals surface area contributed by atoms with Gasteiger partial charge in [0.1, 0.15) is 30.3 Å². The van der Waals surface area contributed by atoms with E-state index in [1.165, 1.54) is 13.2 Å². The number of fused-ring (bicyclic) bond motifs is 1. The Balaban J connectivity index is 1.61. The van der Waals surface area contributed by atoms with E-state index in [0.29, 0.717) is 35.9 Å². The number of carbonyl (C=O) groups is 1. The van der Waals surface area contributed by atoms with Crippen LogP contribution < -0.4 is 15.1 Å². The molecule has 140 valence electrons. The van der Waals surface area contributed by atoms with Crippen LogP contribution in [0.3, 0.4) is 0 Å². The summed E-state index contributed by atoms with van der Waals surface area (Å²) in [6.45, 7) is 2.58. The number of esters is 1. The topological polar surface area (TPSA) is 75.0 Å².